The van der Waals surface area contributed by atoms with Crippen molar-refractivity contribution in [3.05, 3.63) is 65.2 Å². The van der Waals surface area contributed by atoms with E-state index in [0.29, 0.717) is 37.2 Å². The first-order valence-corrected chi connectivity index (χ1v) is 16.4. The molecule has 0 bridgehead atoms. The number of aliphatic hydroxyl groups excluding tert-OH is 1. The molecule has 0 radical (unpaired) electrons. The Labute approximate surface area is 262 Å². The molecule has 1 aliphatic carbocycles. The number of benzene rings is 2. The van der Waals surface area contributed by atoms with Crippen LogP contribution in [0.15, 0.2) is 48.5 Å². The standard InChI is InChI=1S/C35H50N4O5/c1-5-36-34(42)37-27-17-14-26(15-18-27)33-43-28(20-31(44-33)25-12-10-23(22-40)11-13-25)21-39-29-9-7-6-8-24(29)16-19-30(39)32(41)38-35(2,3)4/h10-15,17-18,24,28-31,33,40H,5-9,16,19-22H2,1-4H3,(H,38,41)(H2,36,37,42)/t24-,28+,29-,30-,31-,33-/m1/s1. The molecule has 2 aromatic rings. The molecule has 9 heteroatoms. The van der Waals surface area contributed by atoms with Crippen LogP contribution in [0.2, 0.25) is 0 Å². The van der Waals surface area contributed by atoms with E-state index in [9.17, 15) is 14.7 Å². The van der Waals surface area contributed by atoms with Crippen LogP contribution < -0.4 is 16.0 Å². The second kappa shape index (κ2) is 14.4. The number of amides is 3. The van der Waals surface area contributed by atoms with Crippen LogP contribution in [0.4, 0.5) is 10.5 Å². The second-order valence-corrected chi connectivity index (χ2v) is 13.6. The maximum Gasteiger partial charge on any atom is 0.319 e. The van der Waals surface area contributed by atoms with E-state index in [0.717, 1.165) is 36.0 Å². The molecule has 0 spiro atoms. The van der Waals surface area contributed by atoms with Crippen molar-refractivity contribution in [3.63, 3.8) is 0 Å². The number of likely N-dealkylation sites (tertiary alicyclic amines) is 1. The Morgan fingerprint density at radius 1 is 0.932 bits per heavy atom. The Morgan fingerprint density at radius 3 is 2.32 bits per heavy atom. The number of hydrogen-bond acceptors (Lipinski definition) is 6. The van der Waals surface area contributed by atoms with E-state index in [4.69, 9.17) is 9.47 Å². The van der Waals surface area contributed by atoms with Gasteiger partial charge in [-0.05, 0) is 82.6 Å². The number of piperidine rings is 1. The largest absolute Gasteiger partial charge is 0.392 e. The van der Waals surface area contributed by atoms with Gasteiger partial charge in [-0.25, -0.2) is 4.79 Å². The number of anilines is 1. The van der Waals surface area contributed by atoms with Gasteiger partial charge in [0.1, 0.15) is 0 Å². The Hall–Kier alpha value is -2.98. The number of hydrogen-bond donors (Lipinski definition) is 4. The van der Waals surface area contributed by atoms with Crippen molar-refractivity contribution in [1.82, 2.24) is 15.5 Å². The van der Waals surface area contributed by atoms with Crippen LogP contribution in [0.25, 0.3) is 0 Å². The van der Waals surface area contributed by atoms with Gasteiger partial charge in [-0.3, -0.25) is 9.69 Å². The molecule has 3 aliphatic rings. The number of nitrogens with zero attached hydrogens (tertiary/aromatic N) is 1. The van der Waals surface area contributed by atoms with E-state index in [-0.39, 0.29) is 42.3 Å². The Bertz CT molecular complexity index is 1250. The van der Waals surface area contributed by atoms with Gasteiger partial charge in [-0.2, -0.15) is 0 Å². The van der Waals surface area contributed by atoms with Crippen molar-refractivity contribution in [3.8, 4) is 0 Å². The van der Waals surface area contributed by atoms with Gasteiger partial charge >= 0.3 is 6.03 Å². The number of fused-ring (bicyclic) bond motifs is 1. The van der Waals surface area contributed by atoms with Crippen LogP contribution >= 0.6 is 0 Å². The van der Waals surface area contributed by atoms with Crippen LogP contribution in [0.5, 0.6) is 0 Å². The zero-order valence-corrected chi connectivity index (χ0v) is 26.7. The number of carbonyl (C=O) groups is 2. The minimum atomic E-state index is -0.608. The third-order valence-electron chi connectivity index (χ3n) is 9.11. The van der Waals surface area contributed by atoms with Gasteiger partial charge in [0.25, 0.3) is 0 Å². The molecule has 2 aliphatic heterocycles. The fourth-order valence-electron chi connectivity index (χ4n) is 7.06. The SMILES string of the molecule is CCNC(=O)Nc1ccc([C@@H]2O[C@H](CN3[C@@H](C(=O)NC(C)(C)C)CC[C@H]4CCCC[C@H]43)C[C@H](c3ccc(CO)cc3)O2)cc1. The van der Waals surface area contributed by atoms with Crippen molar-refractivity contribution in [2.45, 2.75) is 115 Å². The summed E-state index contributed by atoms with van der Waals surface area (Å²) in [6, 6.07) is 15.4. The van der Waals surface area contributed by atoms with Crippen molar-refractivity contribution in [2.24, 2.45) is 5.92 Å². The molecule has 3 fully saturated rings. The minimum absolute atomic E-state index is 0.00758. The quantitative estimate of drug-likeness (QED) is 0.302. The molecule has 0 aromatic heterocycles. The molecular weight excluding hydrogens is 556 g/mol. The maximum absolute atomic E-state index is 13.6. The molecule has 2 saturated heterocycles. The van der Waals surface area contributed by atoms with Gasteiger partial charge in [0.05, 0.1) is 24.9 Å². The summed E-state index contributed by atoms with van der Waals surface area (Å²) >= 11 is 0. The van der Waals surface area contributed by atoms with Gasteiger partial charge < -0.3 is 30.5 Å². The van der Waals surface area contributed by atoms with Crippen LogP contribution in [0.3, 0.4) is 0 Å². The van der Waals surface area contributed by atoms with Gasteiger partial charge in [-0.1, -0.05) is 49.2 Å². The molecule has 4 N–H and O–H groups in total. The van der Waals surface area contributed by atoms with Crippen molar-refractivity contribution >= 4 is 17.6 Å². The predicted molar refractivity (Wildman–Crippen MR) is 171 cm³/mol. The highest BCUT2D eigenvalue weighted by Crippen LogP contribution is 2.42. The number of carbonyl (C=O) groups excluding carboxylic acids is 2. The van der Waals surface area contributed by atoms with Crippen molar-refractivity contribution in [2.75, 3.05) is 18.4 Å². The van der Waals surface area contributed by atoms with Crippen LogP contribution in [-0.2, 0) is 20.9 Å². The summed E-state index contributed by atoms with van der Waals surface area (Å²) in [5.74, 6) is 0.723. The number of rotatable bonds is 8. The molecule has 44 heavy (non-hydrogen) atoms. The lowest BCUT2D eigenvalue weighted by atomic mass is 9.75. The Morgan fingerprint density at radius 2 is 1.64 bits per heavy atom. The first-order chi connectivity index (χ1) is 21.1. The summed E-state index contributed by atoms with van der Waals surface area (Å²) in [6.07, 6.45) is 6.43. The number of aliphatic hydroxyl groups is 1. The molecule has 9 nitrogen and oxygen atoms in total. The van der Waals surface area contributed by atoms with Gasteiger partial charge in [0, 0.05) is 42.3 Å². The third-order valence-corrected chi connectivity index (χ3v) is 9.11. The van der Waals surface area contributed by atoms with Gasteiger partial charge in [0.2, 0.25) is 5.91 Å². The van der Waals surface area contributed by atoms with E-state index >= 15 is 0 Å². The summed E-state index contributed by atoms with van der Waals surface area (Å²) in [5.41, 5.74) is 3.15. The molecule has 3 amide bonds. The number of urea groups is 1. The fourth-order valence-corrected chi connectivity index (χ4v) is 7.06. The van der Waals surface area contributed by atoms with Crippen LogP contribution in [0, 0.1) is 5.92 Å². The summed E-state index contributed by atoms with van der Waals surface area (Å²) < 4.78 is 13.3. The summed E-state index contributed by atoms with van der Waals surface area (Å²) in [4.78, 5) is 28.1. The highest BCUT2D eigenvalue weighted by molar-refractivity contribution is 5.89. The lowest BCUT2D eigenvalue weighted by Gasteiger charge is -2.50. The molecular formula is C35H50N4O5. The van der Waals surface area contributed by atoms with Crippen LogP contribution in [0.1, 0.15) is 102 Å². The zero-order valence-electron chi connectivity index (χ0n) is 26.7. The lowest BCUT2D eigenvalue weighted by molar-refractivity contribution is -0.255. The van der Waals surface area contributed by atoms with Crippen LogP contribution in [-0.4, -0.2) is 58.8 Å². The highest BCUT2D eigenvalue weighted by Gasteiger charge is 2.44. The fraction of sp³-hybridized carbons (Fsp3) is 0.600. The zero-order chi connectivity index (χ0) is 31.3. The highest BCUT2D eigenvalue weighted by atomic mass is 16.7. The maximum atomic E-state index is 13.6. The van der Waals surface area contributed by atoms with E-state index in [1.807, 2.05) is 76.2 Å². The normalized spacial score (nSPS) is 27.7. The first-order valence-electron chi connectivity index (χ1n) is 16.4. The monoisotopic (exact) mass is 606 g/mol. The molecule has 5 rings (SSSR count). The van der Waals surface area contributed by atoms with Gasteiger partial charge in [-0.15, -0.1) is 0 Å². The third kappa shape index (κ3) is 8.18. The molecule has 2 heterocycles. The summed E-state index contributed by atoms with van der Waals surface area (Å²) in [6.45, 7) is 9.19. The summed E-state index contributed by atoms with van der Waals surface area (Å²) in [7, 11) is 0. The first kappa shape index (κ1) is 32.4. The van der Waals surface area contributed by atoms with E-state index < -0.39 is 6.29 Å². The molecule has 6 atom stereocenters. The Balaban J connectivity index is 1.40. The smallest absolute Gasteiger partial charge is 0.319 e. The van der Waals surface area contributed by atoms with E-state index in [2.05, 4.69) is 20.9 Å². The summed E-state index contributed by atoms with van der Waals surface area (Å²) in [5, 5.41) is 18.4. The topological polar surface area (TPSA) is 112 Å². The Kier molecular flexibility index (Phi) is 10.6. The molecule has 0 unspecified atom stereocenters. The average Bonchev–Trinajstić information content (AvgIpc) is 3.00. The van der Waals surface area contributed by atoms with Crippen molar-refractivity contribution < 1.29 is 24.2 Å². The van der Waals surface area contributed by atoms with Gasteiger partial charge in [0.15, 0.2) is 6.29 Å². The minimum Gasteiger partial charge on any atom is -0.392 e. The molecule has 240 valence electrons. The molecule has 1 saturated carbocycles. The lowest BCUT2D eigenvalue weighted by Crippen LogP contribution is -2.61. The molecule has 2 aromatic carbocycles. The second-order valence-electron chi connectivity index (χ2n) is 13.6. The number of nitrogens with one attached hydrogen (secondary N) is 3. The van der Waals surface area contributed by atoms with E-state index in [1.165, 1.54) is 19.3 Å². The van der Waals surface area contributed by atoms with E-state index in [1.54, 1.807) is 0 Å². The van der Waals surface area contributed by atoms with Crippen molar-refractivity contribution in [1.29, 1.82) is 0 Å². The average molecular weight is 607 g/mol. The number of ether oxygens (including phenoxy) is 2. The predicted octanol–water partition coefficient (Wildman–Crippen LogP) is 5.80.